The first-order chi connectivity index (χ1) is 8.56. The summed E-state index contributed by atoms with van der Waals surface area (Å²) in [6.45, 7) is 2.00. The maximum absolute atomic E-state index is 6.11. The van der Waals surface area contributed by atoms with Gasteiger partial charge in [0.15, 0.2) is 0 Å². The number of hydrogen-bond donors (Lipinski definition) is 1. The molecule has 0 spiro atoms. The Bertz CT molecular complexity index is 550. The summed E-state index contributed by atoms with van der Waals surface area (Å²) >= 11 is 6.11. The molecule has 2 rings (SSSR count). The lowest BCUT2D eigenvalue weighted by Gasteiger charge is -2.14. The van der Waals surface area contributed by atoms with Crippen molar-refractivity contribution in [2.24, 2.45) is 0 Å². The van der Waals surface area contributed by atoms with E-state index in [1.807, 2.05) is 51.4 Å². The van der Waals surface area contributed by atoms with Crippen LogP contribution in [0.4, 0.5) is 17.1 Å². The quantitative estimate of drug-likeness (QED) is 0.877. The highest BCUT2D eigenvalue weighted by Crippen LogP contribution is 2.25. The van der Waals surface area contributed by atoms with E-state index >= 15 is 0 Å². The Kier molecular flexibility index (Phi) is 3.78. The van der Waals surface area contributed by atoms with Gasteiger partial charge in [-0.15, -0.1) is 0 Å². The molecule has 0 heterocycles. The zero-order chi connectivity index (χ0) is 13.1. The van der Waals surface area contributed by atoms with Crippen molar-refractivity contribution in [3.05, 3.63) is 53.1 Å². The maximum atomic E-state index is 6.11. The van der Waals surface area contributed by atoms with Crippen LogP contribution in [0.5, 0.6) is 0 Å². The minimum absolute atomic E-state index is 0.781. The van der Waals surface area contributed by atoms with E-state index in [-0.39, 0.29) is 0 Å². The Hall–Kier alpha value is -1.67. The second-order valence-electron chi connectivity index (χ2n) is 4.53. The lowest BCUT2D eigenvalue weighted by molar-refractivity contribution is 1.13. The van der Waals surface area contributed by atoms with Gasteiger partial charge in [-0.3, -0.25) is 0 Å². The predicted molar refractivity (Wildman–Crippen MR) is 80.2 cm³/mol. The van der Waals surface area contributed by atoms with Crippen LogP contribution < -0.4 is 10.2 Å². The Morgan fingerprint density at radius 3 is 2.39 bits per heavy atom. The van der Waals surface area contributed by atoms with Crippen LogP contribution in [0.15, 0.2) is 42.5 Å². The van der Waals surface area contributed by atoms with Gasteiger partial charge < -0.3 is 10.2 Å². The molecule has 0 aliphatic rings. The SMILES string of the molecule is Cc1ccc(Nc2cccc(N(C)C)c2)cc1Cl. The lowest BCUT2D eigenvalue weighted by atomic mass is 10.2. The summed E-state index contributed by atoms with van der Waals surface area (Å²) in [5.74, 6) is 0. The molecule has 0 amide bonds. The van der Waals surface area contributed by atoms with Crippen LogP contribution in [0.1, 0.15) is 5.56 Å². The summed E-state index contributed by atoms with van der Waals surface area (Å²) in [5, 5.41) is 4.14. The van der Waals surface area contributed by atoms with Gasteiger partial charge in [0.2, 0.25) is 0 Å². The van der Waals surface area contributed by atoms with Gasteiger partial charge in [0, 0.05) is 36.2 Å². The van der Waals surface area contributed by atoms with Crippen molar-refractivity contribution in [1.29, 1.82) is 0 Å². The van der Waals surface area contributed by atoms with Gasteiger partial charge in [-0.1, -0.05) is 23.7 Å². The maximum Gasteiger partial charge on any atom is 0.0455 e. The largest absolute Gasteiger partial charge is 0.378 e. The summed E-state index contributed by atoms with van der Waals surface area (Å²) in [6, 6.07) is 14.2. The van der Waals surface area contributed by atoms with Crippen molar-refractivity contribution in [3.63, 3.8) is 0 Å². The molecule has 0 radical (unpaired) electrons. The molecule has 0 aliphatic carbocycles. The van der Waals surface area contributed by atoms with Crippen LogP contribution in [0.3, 0.4) is 0 Å². The number of anilines is 3. The van der Waals surface area contributed by atoms with E-state index in [2.05, 4.69) is 22.3 Å². The number of hydrogen-bond acceptors (Lipinski definition) is 2. The fourth-order valence-electron chi connectivity index (χ4n) is 1.70. The zero-order valence-electron chi connectivity index (χ0n) is 10.9. The van der Waals surface area contributed by atoms with Crippen molar-refractivity contribution < 1.29 is 0 Å². The second-order valence-corrected chi connectivity index (χ2v) is 4.94. The Balaban J connectivity index is 2.23. The molecule has 2 aromatic carbocycles. The van der Waals surface area contributed by atoms with E-state index < -0.39 is 0 Å². The highest BCUT2D eigenvalue weighted by atomic mass is 35.5. The second kappa shape index (κ2) is 5.32. The van der Waals surface area contributed by atoms with Gasteiger partial charge in [-0.2, -0.15) is 0 Å². The smallest absolute Gasteiger partial charge is 0.0455 e. The third-order valence-corrected chi connectivity index (χ3v) is 3.23. The monoisotopic (exact) mass is 260 g/mol. The van der Waals surface area contributed by atoms with E-state index in [1.165, 1.54) is 5.69 Å². The van der Waals surface area contributed by atoms with Crippen molar-refractivity contribution in [1.82, 2.24) is 0 Å². The van der Waals surface area contributed by atoms with Crippen LogP contribution in [-0.4, -0.2) is 14.1 Å². The molecule has 1 N–H and O–H groups in total. The van der Waals surface area contributed by atoms with Crippen molar-refractivity contribution >= 4 is 28.7 Å². The van der Waals surface area contributed by atoms with Crippen LogP contribution in [-0.2, 0) is 0 Å². The van der Waals surface area contributed by atoms with Crippen molar-refractivity contribution in [2.45, 2.75) is 6.92 Å². The first-order valence-electron chi connectivity index (χ1n) is 5.87. The molecule has 94 valence electrons. The van der Waals surface area contributed by atoms with Crippen molar-refractivity contribution in [2.75, 3.05) is 24.3 Å². The summed E-state index contributed by atoms with van der Waals surface area (Å²) < 4.78 is 0. The molecule has 0 saturated carbocycles. The molecule has 3 heteroatoms. The van der Waals surface area contributed by atoms with Crippen LogP contribution in [0.2, 0.25) is 5.02 Å². The molecule has 0 bridgehead atoms. The lowest BCUT2D eigenvalue weighted by Crippen LogP contribution is -2.08. The molecule has 0 saturated heterocycles. The van der Waals surface area contributed by atoms with Crippen LogP contribution in [0.25, 0.3) is 0 Å². The fraction of sp³-hybridized carbons (Fsp3) is 0.200. The molecule has 18 heavy (non-hydrogen) atoms. The Morgan fingerprint density at radius 1 is 1.00 bits per heavy atom. The number of aryl methyl sites for hydroxylation is 1. The molecular weight excluding hydrogens is 244 g/mol. The highest BCUT2D eigenvalue weighted by Gasteiger charge is 2.00. The van der Waals surface area contributed by atoms with E-state index in [1.54, 1.807) is 0 Å². The molecule has 2 nitrogen and oxygen atoms in total. The summed E-state index contributed by atoms with van der Waals surface area (Å²) in [7, 11) is 4.06. The molecule has 2 aromatic rings. The normalized spacial score (nSPS) is 10.2. The van der Waals surface area contributed by atoms with E-state index in [4.69, 9.17) is 11.6 Å². The molecule has 0 fully saturated rings. The van der Waals surface area contributed by atoms with Gasteiger partial charge >= 0.3 is 0 Å². The highest BCUT2D eigenvalue weighted by molar-refractivity contribution is 6.31. The molecule has 0 aromatic heterocycles. The number of halogens is 1. The summed E-state index contributed by atoms with van der Waals surface area (Å²) in [4.78, 5) is 2.08. The van der Waals surface area contributed by atoms with Gasteiger partial charge in [0.05, 0.1) is 0 Å². The number of nitrogens with one attached hydrogen (secondary N) is 1. The third-order valence-electron chi connectivity index (χ3n) is 2.82. The Labute approximate surface area is 113 Å². The average Bonchev–Trinajstić information content (AvgIpc) is 2.34. The average molecular weight is 261 g/mol. The Morgan fingerprint density at radius 2 is 1.72 bits per heavy atom. The first-order valence-corrected chi connectivity index (χ1v) is 6.24. The van der Waals surface area contributed by atoms with Crippen LogP contribution in [0, 0.1) is 6.92 Å². The van der Waals surface area contributed by atoms with Gasteiger partial charge in [-0.05, 0) is 42.8 Å². The van der Waals surface area contributed by atoms with Crippen LogP contribution >= 0.6 is 11.6 Å². The van der Waals surface area contributed by atoms with E-state index in [9.17, 15) is 0 Å². The molecule has 0 atom stereocenters. The molecule has 0 aliphatic heterocycles. The minimum Gasteiger partial charge on any atom is -0.378 e. The van der Waals surface area contributed by atoms with E-state index in [0.29, 0.717) is 0 Å². The van der Waals surface area contributed by atoms with Gasteiger partial charge in [0.1, 0.15) is 0 Å². The topological polar surface area (TPSA) is 15.3 Å². The summed E-state index contributed by atoms with van der Waals surface area (Å²) in [6.07, 6.45) is 0. The number of rotatable bonds is 3. The zero-order valence-corrected chi connectivity index (χ0v) is 11.6. The summed E-state index contributed by atoms with van der Waals surface area (Å²) in [5.41, 5.74) is 4.31. The molecule has 0 unspecified atom stereocenters. The predicted octanol–water partition coefficient (Wildman–Crippen LogP) is 4.46. The third kappa shape index (κ3) is 2.96. The number of benzene rings is 2. The standard InChI is InChI=1S/C15H17ClN2/c1-11-7-8-13(10-15(11)16)17-12-5-4-6-14(9-12)18(2)3/h4-10,17H,1-3H3. The molecular formula is C15H17ClN2. The fourth-order valence-corrected chi connectivity index (χ4v) is 1.88. The van der Waals surface area contributed by atoms with Crippen molar-refractivity contribution in [3.8, 4) is 0 Å². The van der Waals surface area contributed by atoms with Gasteiger partial charge in [-0.25, -0.2) is 0 Å². The number of nitrogens with zero attached hydrogens (tertiary/aromatic N) is 1. The van der Waals surface area contributed by atoms with E-state index in [0.717, 1.165) is 22.0 Å². The minimum atomic E-state index is 0.781. The van der Waals surface area contributed by atoms with Gasteiger partial charge in [0.25, 0.3) is 0 Å². The first kappa shape index (κ1) is 12.8.